The fourth-order valence-electron chi connectivity index (χ4n) is 1.83. The van der Waals surface area contributed by atoms with Gasteiger partial charge in [0.2, 0.25) is 0 Å². The van der Waals surface area contributed by atoms with Gasteiger partial charge in [-0.25, -0.2) is 4.39 Å². The van der Waals surface area contributed by atoms with Crippen molar-refractivity contribution >= 4 is 5.69 Å². The van der Waals surface area contributed by atoms with E-state index in [0.717, 1.165) is 11.8 Å². The van der Waals surface area contributed by atoms with E-state index in [1.165, 1.54) is 18.3 Å². The minimum atomic E-state index is -0.512. The molecule has 0 unspecified atom stereocenters. The van der Waals surface area contributed by atoms with Crippen molar-refractivity contribution in [1.29, 1.82) is 0 Å². The zero-order chi connectivity index (χ0) is 15.2. The smallest absolute Gasteiger partial charge is 0.310 e. The maximum Gasteiger partial charge on any atom is 0.310 e. The summed E-state index contributed by atoms with van der Waals surface area (Å²) >= 11 is 0. The molecule has 21 heavy (non-hydrogen) atoms. The molecule has 2 rings (SSSR count). The van der Waals surface area contributed by atoms with Gasteiger partial charge in [-0.3, -0.25) is 15.1 Å². The van der Waals surface area contributed by atoms with Crippen LogP contribution in [0.4, 0.5) is 10.1 Å². The molecule has 0 bridgehead atoms. The Morgan fingerprint density at radius 2 is 2.14 bits per heavy atom. The van der Waals surface area contributed by atoms with Crippen LogP contribution in [0, 0.1) is 15.9 Å². The molecule has 0 saturated heterocycles. The molecule has 7 heteroatoms. The first-order valence-electron chi connectivity index (χ1n) is 6.24. The summed E-state index contributed by atoms with van der Waals surface area (Å²) in [7, 11) is 1.78. The topological polar surface area (TPSA) is 77.3 Å². The Morgan fingerprint density at radius 3 is 2.81 bits per heavy atom. The van der Waals surface area contributed by atoms with Crippen LogP contribution in [-0.4, -0.2) is 17.0 Å². The molecule has 1 aromatic carbocycles. The summed E-state index contributed by atoms with van der Waals surface area (Å²) in [6, 6.07) is 5.93. The quantitative estimate of drug-likeness (QED) is 0.653. The molecule has 0 aliphatic carbocycles. The van der Waals surface area contributed by atoms with Crippen molar-refractivity contribution in [3.63, 3.8) is 0 Å². The molecule has 0 atom stereocenters. The van der Waals surface area contributed by atoms with Crippen LogP contribution >= 0.6 is 0 Å². The van der Waals surface area contributed by atoms with E-state index in [1.807, 2.05) is 0 Å². The van der Waals surface area contributed by atoms with E-state index in [4.69, 9.17) is 4.74 Å². The fourth-order valence-corrected chi connectivity index (χ4v) is 1.83. The number of nitro benzene ring substituents is 1. The Bertz CT molecular complexity index is 649. The van der Waals surface area contributed by atoms with Crippen LogP contribution in [0.2, 0.25) is 0 Å². The molecule has 6 nitrogen and oxygen atoms in total. The fraction of sp³-hybridized carbons (Fsp3) is 0.214. The van der Waals surface area contributed by atoms with Crippen LogP contribution in [0.3, 0.4) is 0 Å². The highest BCUT2D eigenvalue weighted by molar-refractivity contribution is 5.48. The highest BCUT2D eigenvalue weighted by atomic mass is 19.1. The van der Waals surface area contributed by atoms with Gasteiger partial charge in [-0.15, -0.1) is 0 Å². The predicted molar refractivity (Wildman–Crippen MR) is 74.4 cm³/mol. The minimum Gasteiger partial charge on any atom is -0.482 e. The van der Waals surface area contributed by atoms with Gasteiger partial charge in [0, 0.05) is 24.4 Å². The molecule has 1 heterocycles. The molecule has 0 amide bonds. The van der Waals surface area contributed by atoms with Gasteiger partial charge in [0.15, 0.2) is 5.75 Å². The van der Waals surface area contributed by atoms with E-state index in [9.17, 15) is 14.5 Å². The zero-order valence-electron chi connectivity index (χ0n) is 11.4. The number of aromatic nitrogens is 1. The van der Waals surface area contributed by atoms with Crippen molar-refractivity contribution < 1.29 is 14.1 Å². The second-order valence-corrected chi connectivity index (χ2v) is 4.39. The number of halogens is 1. The number of nitro groups is 1. The minimum absolute atomic E-state index is 0.00854. The van der Waals surface area contributed by atoms with Crippen LogP contribution < -0.4 is 10.1 Å². The van der Waals surface area contributed by atoms with Gasteiger partial charge >= 0.3 is 5.69 Å². The van der Waals surface area contributed by atoms with E-state index in [-0.39, 0.29) is 18.0 Å². The van der Waals surface area contributed by atoms with Crippen molar-refractivity contribution in [1.82, 2.24) is 10.3 Å². The average molecular weight is 291 g/mol. The first-order valence-corrected chi connectivity index (χ1v) is 6.24. The van der Waals surface area contributed by atoms with Crippen LogP contribution in [-0.2, 0) is 13.2 Å². The molecule has 0 spiro atoms. The van der Waals surface area contributed by atoms with E-state index in [0.29, 0.717) is 12.1 Å². The molecule has 2 aromatic rings. The van der Waals surface area contributed by atoms with Crippen molar-refractivity contribution in [3.05, 3.63) is 63.7 Å². The summed E-state index contributed by atoms with van der Waals surface area (Å²) in [5, 5.41) is 14.0. The third-order valence-corrected chi connectivity index (χ3v) is 2.76. The van der Waals surface area contributed by atoms with Crippen molar-refractivity contribution in [2.75, 3.05) is 7.05 Å². The van der Waals surface area contributed by atoms with Crippen LogP contribution in [0.25, 0.3) is 0 Å². The van der Waals surface area contributed by atoms with Gasteiger partial charge in [0.05, 0.1) is 11.1 Å². The number of hydrogen-bond donors (Lipinski definition) is 1. The Kier molecular flexibility index (Phi) is 4.78. The molecular formula is C14H14FN3O3. The van der Waals surface area contributed by atoms with E-state index in [2.05, 4.69) is 10.3 Å². The lowest BCUT2D eigenvalue weighted by molar-refractivity contribution is -0.386. The molecule has 0 aliphatic heterocycles. The average Bonchev–Trinajstić information content (AvgIpc) is 2.45. The SMILES string of the molecule is CNCc1ccc([N+](=O)[O-])c(OCc2cncc(F)c2)c1. The van der Waals surface area contributed by atoms with Crippen LogP contribution in [0.5, 0.6) is 5.75 Å². The number of nitrogens with one attached hydrogen (secondary N) is 1. The molecule has 1 aromatic heterocycles. The molecule has 1 N–H and O–H groups in total. The Morgan fingerprint density at radius 1 is 1.33 bits per heavy atom. The Balaban J connectivity index is 2.20. The van der Waals surface area contributed by atoms with Gasteiger partial charge < -0.3 is 10.1 Å². The second-order valence-electron chi connectivity index (χ2n) is 4.39. The van der Waals surface area contributed by atoms with Crippen molar-refractivity contribution in [2.45, 2.75) is 13.2 Å². The predicted octanol–water partition coefficient (Wildman–Crippen LogP) is 2.43. The summed E-state index contributed by atoms with van der Waals surface area (Å²) in [6.45, 7) is 0.574. The number of nitrogens with zero attached hydrogens (tertiary/aromatic N) is 2. The normalized spacial score (nSPS) is 10.4. The number of benzene rings is 1. The summed E-state index contributed by atoms with van der Waals surface area (Å²) in [5.74, 6) is -0.327. The van der Waals surface area contributed by atoms with E-state index < -0.39 is 10.7 Å². The highest BCUT2D eigenvalue weighted by Crippen LogP contribution is 2.28. The third-order valence-electron chi connectivity index (χ3n) is 2.76. The number of rotatable bonds is 6. The Hall–Kier alpha value is -2.54. The monoisotopic (exact) mass is 291 g/mol. The summed E-state index contributed by atoms with van der Waals surface area (Å²) < 4.78 is 18.5. The lowest BCUT2D eigenvalue weighted by Crippen LogP contribution is -2.06. The van der Waals surface area contributed by atoms with Gasteiger partial charge in [0.25, 0.3) is 0 Å². The Labute approximate surface area is 120 Å². The molecule has 0 saturated carbocycles. The van der Waals surface area contributed by atoms with E-state index >= 15 is 0 Å². The summed E-state index contributed by atoms with van der Waals surface area (Å²) in [4.78, 5) is 14.2. The first-order chi connectivity index (χ1) is 10.1. The largest absolute Gasteiger partial charge is 0.482 e. The summed E-state index contributed by atoms with van der Waals surface area (Å²) in [6.07, 6.45) is 2.53. The van der Waals surface area contributed by atoms with Gasteiger partial charge in [-0.1, -0.05) is 6.07 Å². The maximum absolute atomic E-state index is 13.0. The standard InChI is InChI=1S/C14H14FN3O3/c1-16-6-10-2-3-13(18(19)20)14(5-10)21-9-11-4-12(15)8-17-7-11/h2-5,7-8,16H,6,9H2,1H3. The van der Waals surface area contributed by atoms with Crippen LogP contribution in [0.1, 0.15) is 11.1 Å². The van der Waals surface area contributed by atoms with Gasteiger partial charge in [0.1, 0.15) is 12.4 Å². The zero-order valence-corrected chi connectivity index (χ0v) is 11.4. The molecule has 110 valence electrons. The van der Waals surface area contributed by atoms with Crippen molar-refractivity contribution in [3.8, 4) is 5.75 Å². The summed E-state index contributed by atoms with van der Waals surface area (Å²) in [5.41, 5.74) is 1.23. The molecular weight excluding hydrogens is 277 g/mol. The van der Waals surface area contributed by atoms with Gasteiger partial charge in [-0.2, -0.15) is 0 Å². The lowest BCUT2D eigenvalue weighted by atomic mass is 10.2. The van der Waals surface area contributed by atoms with Crippen molar-refractivity contribution in [2.24, 2.45) is 0 Å². The lowest BCUT2D eigenvalue weighted by Gasteiger charge is -2.09. The highest BCUT2D eigenvalue weighted by Gasteiger charge is 2.15. The third kappa shape index (κ3) is 3.96. The second kappa shape index (κ2) is 6.76. The van der Waals surface area contributed by atoms with Crippen LogP contribution in [0.15, 0.2) is 36.7 Å². The molecule has 0 fully saturated rings. The first kappa shape index (κ1) is 14.9. The maximum atomic E-state index is 13.0. The molecule has 0 radical (unpaired) electrons. The molecule has 0 aliphatic rings. The number of pyridine rings is 1. The van der Waals surface area contributed by atoms with Gasteiger partial charge in [-0.05, 0) is 24.7 Å². The number of hydrogen-bond acceptors (Lipinski definition) is 5. The van der Waals surface area contributed by atoms with E-state index in [1.54, 1.807) is 19.2 Å². The number of ether oxygens (including phenoxy) is 1.